The van der Waals surface area contributed by atoms with Crippen molar-refractivity contribution in [1.29, 1.82) is 5.26 Å². The highest BCUT2D eigenvalue weighted by Gasteiger charge is 2.63. The number of nitrogens with one attached hydrogen (secondary N) is 2. The first-order chi connectivity index (χ1) is 30.7. The highest BCUT2D eigenvalue weighted by molar-refractivity contribution is 8.07. The molecular weight excluding hydrogens is 939 g/mol. The second-order valence-electron chi connectivity index (χ2n) is 18.0. The van der Waals surface area contributed by atoms with Crippen molar-refractivity contribution in [3.05, 3.63) is 35.3 Å². The van der Waals surface area contributed by atoms with Crippen molar-refractivity contribution in [2.24, 2.45) is 11.8 Å². The average molecular weight is 1000 g/mol. The topological polar surface area (TPSA) is 263 Å². The number of rotatable bonds is 19. The van der Waals surface area contributed by atoms with Crippen molar-refractivity contribution in [1.82, 2.24) is 29.5 Å². The summed E-state index contributed by atoms with van der Waals surface area (Å²) >= 11 is 6.20. The molecule has 358 valence electrons. The molecule has 6 rings (SSSR count). The Morgan fingerprint density at radius 2 is 1.80 bits per heavy atom. The molecule has 9 atom stereocenters. The molecule has 0 aromatic carbocycles. The van der Waals surface area contributed by atoms with Gasteiger partial charge in [-0.15, -0.1) is 9.42 Å². The number of fused-ring (bicyclic) bond motifs is 2. The van der Waals surface area contributed by atoms with E-state index in [0.29, 0.717) is 12.3 Å². The zero-order valence-corrected chi connectivity index (χ0v) is 42.9. The molecule has 5 heterocycles. The predicted octanol–water partition coefficient (Wildman–Crippen LogP) is 6.81. The normalized spacial score (nSPS) is 26.6. The molecule has 1 saturated carbocycles. The first-order valence-corrected chi connectivity index (χ1v) is 29.5. The second-order valence-corrected chi connectivity index (χ2v) is 30.5. The summed E-state index contributed by atoms with van der Waals surface area (Å²) in [6, 6.07) is 3.67. The van der Waals surface area contributed by atoms with Gasteiger partial charge in [-0.3, -0.25) is 29.0 Å². The van der Waals surface area contributed by atoms with E-state index in [4.69, 9.17) is 52.3 Å². The SMILES string of the molecule is CC(C)C(=O)Nc1nc2c(ncn2[C@@H]2O[C@@H]3CO[Si](C(C)C)(C(C)C)O[Si](C(C)C)(C(C)C)O[C@H]3[C@@H]2OP(=S)(OCCC#N)OC[C@H]2C[C@@H](Oc3ccncn3)C[C@@H]2O[P+](=O)O)c(=O)[nH]1. The van der Waals surface area contributed by atoms with Crippen molar-refractivity contribution in [3.63, 3.8) is 0 Å². The van der Waals surface area contributed by atoms with Crippen LogP contribution in [0.5, 0.6) is 5.88 Å². The Kier molecular flexibility index (Phi) is 17.0. The van der Waals surface area contributed by atoms with E-state index in [2.05, 4.69) is 91.7 Å². The molecule has 2 saturated heterocycles. The maximum atomic E-state index is 13.5. The van der Waals surface area contributed by atoms with Crippen molar-refractivity contribution in [2.75, 3.05) is 25.1 Å². The maximum Gasteiger partial charge on any atom is 0.695 e. The Hall–Kier alpha value is -2.99. The quantitative estimate of drug-likeness (QED) is 0.0633. The lowest BCUT2D eigenvalue weighted by Crippen LogP contribution is -2.65. The van der Waals surface area contributed by atoms with E-state index >= 15 is 0 Å². The Morgan fingerprint density at radius 3 is 2.42 bits per heavy atom. The minimum atomic E-state index is -3.95. The van der Waals surface area contributed by atoms with E-state index in [-0.39, 0.29) is 77.8 Å². The number of nitriles is 1. The van der Waals surface area contributed by atoms with E-state index in [1.54, 1.807) is 19.9 Å². The first kappa shape index (κ1) is 51.4. The van der Waals surface area contributed by atoms with E-state index in [0.717, 1.165) is 0 Å². The van der Waals surface area contributed by atoms with Crippen LogP contribution in [-0.2, 0) is 57.0 Å². The molecule has 3 aromatic rings. The standard InChI is InChI=1S/C39H60N8O13P2SSi2/c1-22(2)36(48)45-39-44-35-32(37(49)46-39)43-21-47(35)38-34(33-30(56-38)19-54-64(23(3)4,24(5)6)60-65(59-33,25(7)8)26(9)10)58-62(63,52-15-11-13-40)53-18-27-16-28(17-29(27)57-61(50)51)55-31-12-14-41-20-42-31/h12,14,20-30,33-34,38H,11,15-19H2,1-10H3,(H2-,44,45,46,48,49,50,51)/p+1/t27-,28-,29+,30-,33-,34+,38-,62?/m1/s1. The second kappa shape index (κ2) is 21.5. The number of H-pyrrole nitrogens is 1. The number of carbonyl (C=O) groups excluding carboxylic acids is 1. The fourth-order valence-electron chi connectivity index (χ4n) is 8.60. The summed E-state index contributed by atoms with van der Waals surface area (Å²) in [4.78, 5) is 55.7. The monoisotopic (exact) mass is 999 g/mol. The summed E-state index contributed by atoms with van der Waals surface area (Å²) in [6.45, 7) is 16.0. The van der Waals surface area contributed by atoms with Gasteiger partial charge in [-0.1, -0.05) is 69.2 Å². The van der Waals surface area contributed by atoms with Gasteiger partial charge in [0.25, 0.3) is 5.56 Å². The first-order valence-electron chi connectivity index (χ1n) is 21.9. The van der Waals surface area contributed by atoms with Crippen LogP contribution in [0.4, 0.5) is 5.95 Å². The number of aromatic nitrogens is 6. The Balaban J connectivity index is 1.44. The third-order valence-electron chi connectivity index (χ3n) is 11.9. The Morgan fingerprint density at radius 1 is 1.09 bits per heavy atom. The summed E-state index contributed by atoms with van der Waals surface area (Å²) in [5.74, 6) is -1.08. The minimum absolute atomic E-state index is 0.0342. The molecule has 2 unspecified atom stereocenters. The molecule has 0 radical (unpaired) electrons. The average Bonchev–Trinajstić information content (AvgIpc) is 3.91. The molecule has 0 spiro atoms. The minimum Gasteiger partial charge on any atom is -0.474 e. The van der Waals surface area contributed by atoms with Crippen LogP contribution in [0.2, 0.25) is 22.2 Å². The van der Waals surface area contributed by atoms with Crippen LogP contribution in [-0.4, -0.2) is 108 Å². The number of hydrogen-bond acceptors (Lipinski definition) is 18. The third-order valence-corrected chi connectivity index (χ3v) is 25.0. The zero-order valence-electron chi connectivity index (χ0n) is 38.3. The molecule has 3 fully saturated rings. The summed E-state index contributed by atoms with van der Waals surface area (Å²) < 4.78 is 73.7. The summed E-state index contributed by atoms with van der Waals surface area (Å²) in [5.41, 5.74) is -0.668. The molecule has 1 aliphatic carbocycles. The van der Waals surface area contributed by atoms with Gasteiger partial charge >= 0.3 is 32.1 Å². The van der Waals surface area contributed by atoms with Gasteiger partial charge in [0.15, 0.2) is 17.4 Å². The Bertz CT molecular complexity index is 2270. The van der Waals surface area contributed by atoms with Crippen molar-refractivity contribution in [2.45, 2.75) is 147 Å². The van der Waals surface area contributed by atoms with Gasteiger partial charge in [0, 0.05) is 35.1 Å². The van der Waals surface area contributed by atoms with Gasteiger partial charge in [0.1, 0.15) is 36.8 Å². The van der Waals surface area contributed by atoms with Crippen LogP contribution in [0.15, 0.2) is 29.7 Å². The maximum absolute atomic E-state index is 13.5. The molecule has 26 heteroatoms. The lowest BCUT2D eigenvalue weighted by atomic mass is 10.1. The van der Waals surface area contributed by atoms with Gasteiger partial charge in [-0.2, -0.15) is 10.2 Å². The number of nitrogens with zero attached hydrogens (tertiary/aromatic N) is 6. The van der Waals surface area contributed by atoms with Gasteiger partial charge < -0.3 is 31.5 Å². The van der Waals surface area contributed by atoms with Crippen molar-refractivity contribution < 1.29 is 54.8 Å². The molecule has 3 N–H and O–H groups in total. The Labute approximate surface area is 386 Å². The number of hydrogen-bond donors (Lipinski definition) is 3. The molecule has 1 amide bonds. The summed E-state index contributed by atoms with van der Waals surface area (Å²) in [6.07, 6.45) is -0.494. The lowest BCUT2D eigenvalue weighted by Gasteiger charge is -2.51. The molecular formula is C39H61N8O13P2SSi2+. The number of aromatic amines is 1. The van der Waals surface area contributed by atoms with Crippen LogP contribution in [0, 0.1) is 23.2 Å². The number of ether oxygens (including phenoxy) is 2. The van der Waals surface area contributed by atoms with E-state index in [9.17, 15) is 24.3 Å². The van der Waals surface area contributed by atoms with Crippen LogP contribution in [0.3, 0.4) is 0 Å². The highest BCUT2D eigenvalue weighted by Crippen LogP contribution is 2.57. The fourth-order valence-corrected chi connectivity index (χ4v) is 22.4. The van der Waals surface area contributed by atoms with Crippen LogP contribution in [0.1, 0.15) is 94.7 Å². The molecule has 3 aliphatic rings. The van der Waals surface area contributed by atoms with E-state index < -0.39 is 86.2 Å². The molecule has 0 bridgehead atoms. The predicted molar refractivity (Wildman–Crippen MR) is 244 cm³/mol. The summed E-state index contributed by atoms with van der Waals surface area (Å²) in [7, 11) is -9.38. The van der Waals surface area contributed by atoms with Crippen LogP contribution in [0.25, 0.3) is 11.2 Å². The van der Waals surface area contributed by atoms with Gasteiger partial charge in [-0.25, -0.2) is 15.0 Å². The van der Waals surface area contributed by atoms with Crippen molar-refractivity contribution >= 4 is 66.9 Å². The zero-order chi connectivity index (χ0) is 47.4. The van der Waals surface area contributed by atoms with Crippen LogP contribution < -0.4 is 15.6 Å². The smallest absolute Gasteiger partial charge is 0.474 e. The molecule has 3 aromatic heterocycles. The summed E-state index contributed by atoms with van der Waals surface area (Å²) in [5, 5.41) is 12.2. The fraction of sp³-hybridized carbons (Fsp3) is 0.718. The van der Waals surface area contributed by atoms with Crippen molar-refractivity contribution in [3.8, 4) is 11.9 Å². The van der Waals surface area contributed by atoms with Crippen LogP contribution >= 0.6 is 15.0 Å². The lowest BCUT2D eigenvalue weighted by molar-refractivity contribution is -0.118. The largest absolute Gasteiger partial charge is 0.695 e. The number of amides is 1. The van der Waals surface area contributed by atoms with E-state index in [1.807, 2.05) is 0 Å². The molecule has 2 aliphatic heterocycles. The van der Waals surface area contributed by atoms with E-state index in [1.165, 1.54) is 23.4 Å². The van der Waals surface area contributed by atoms with Gasteiger partial charge in [0.05, 0.1) is 38.6 Å². The highest BCUT2D eigenvalue weighted by atomic mass is 32.5. The molecule has 65 heavy (non-hydrogen) atoms. The number of imidazole rings is 1. The third kappa shape index (κ3) is 11.5. The van der Waals surface area contributed by atoms with Gasteiger partial charge in [-0.05, 0) is 40.4 Å². The van der Waals surface area contributed by atoms with Gasteiger partial charge in [0.2, 0.25) is 17.7 Å². The number of anilines is 1. The molecule has 21 nitrogen and oxygen atoms in total. The number of carbonyl (C=O) groups is 1.